The minimum absolute atomic E-state index is 0.539. The Morgan fingerprint density at radius 3 is 2.23 bits per heavy atom. The monoisotopic (exact) mass is 171 g/mol. The zero-order valence-corrected chi connectivity index (χ0v) is 7.53. The fraction of sp³-hybridized carbons (Fsp3) is 0. The van der Waals surface area contributed by atoms with Crippen molar-refractivity contribution < 1.29 is 0 Å². The van der Waals surface area contributed by atoms with Gasteiger partial charge in [-0.25, -0.2) is 0 Å². The van der Waals surface area contributed by atoms with Crippen LogP contribution in [0.1, 0.15) is 5.56 Å². The summed E-state index contributed by atoms with van der Waals surface area (Å²) in [6.07, 6.45) is 3.60. The Kier molecular flexibility index (Phi) is 3.09. The van der Waals surface area contributed by atoms with Crippen LogP contribution >= 0.6 is 0 Å². The standard InChI is InChI=1S/C12H13N/c1-10(8-9-11(2)13)12-6-4-3-5-7-12/h3-9H,1-2,13H2/b9-8-. The van der Waals surface area contributed by atoms with Crippen molar-refractivity contribution in [1.82, 2.24) is 0 Å². The van der Waals surface area contributed by atoms with Crippen molar-refractivity contribution >= 4 is 5.57 Å². The Morgan fingerprint density at radius 2 is 1.69 bits per heavy atom. The zero-order chi connectivity index (χ0) is 9.68. The van der Waals surface area contributed by atoms with Gasteiger partial charge < -0.3 is 5.73 Å². The summed E-state index contributed by atoms with van der Waals surface area (Å²) in [5, 5.41) is 0. The third-order valence-electron chi connectivity index (χ3n) is 1.64. The molecule has 0 atom stereocenters. The minimum Gasteiger partial charge on any atom is -0.399 e. The first-order chi connectivity index (χ1) is 6.20. The fourth-order valence-corrected chi connectivity index (χ4v) is 0.956. The van der Waals surface area contributed by atoms with Crippen LogP contribution < -0.4 is 5.73 Å². The first kappa shape index (κ1) is 9.33. The molecule has 1 nitrogen and oxygen atoms in total. The van der Waals surface area contributed by atoms with Crippen molar-refractivity contribution in [2.75, 3.05) is 0 Å². The first-order valence-electron chi connectivity index (χ1n) is 4.07. The summed E-state index contributed by atoms with van der Waals surface area (Å²) in [6, 6.07) is 9.94. The number of nitrogens with two attached hydrogens (primary N) is 1. The van der Waals surface area contributed by atoms with Crippen molar-refractivity contribution in [2.24, 2.45) is 5.73 Å². The lowest BCUT2D eigenvalue weighted by Crippen LogP contribution is -1.88. The Balaban J connectivity index is 2.76. The summed E-state index contributed by atoms with van der Waals surface area (Å²) in [6.45, 7) is 7.48. The molecule has 0 aliphatic carbocycles. The highest BCUT2D eigenvalue weighted by Gasteiger charge is 1.91. The molecule has 66 valence electrons. The van der Waals surface area contributed by atoms with Crippen molar-refractivity contribution in [3.8, 4) is 0 Å². The quantitative estimate of drug-likeness (QED) is 0.695. The molecule has 0 fully saturated rings. The molecule has 0 heterocycles. The molecule has 1 rings (SSSR count). The molecule has 1 aromatic rings. The van der Waals surface area contributed by atoms with Gasteiger partial charge in [0.25, 0.3) is 0 Å². The molecule has 0 spiro atoms. The Morgan fingerprint density at radius 1 is 1.08 bits per heavy atom. The van der Waals surface area contributed by atoms with E-state index in [1.165, 1.54) is 0 Å². The van der Waals surface area contributed by atoms with Gasteiger partial charge in [-0.1, -0.05) is 49.6 Å². The molecular formula is C12H13N. The van der Waals surface area contributed by atoms with E-state index in [-0.39, 0.29) is 0 Å². The summed E-state index contributed by atoms with van der Waals surface area (Å²) in [4.78, 5) is 0. The van der Waals surface area contributed by atoms with Gasteiger partial charge in [0.2, 0.25) is 0 Å². The van der Waals surface area contributed by atoms with Crippen LogP contribution in [0.15, 0.2) is 61.3 Å². The minimum atomic E-state index is 0.539. The highest BCUT2D eigenvalue weighted by Crippen LogP contribution is 2.12. The predicted molar refractivity (Wildman–Crippen MR) is 57.9 cm³/mol. The van der Waals surface area contributed by atoms with Crippen LogP contribution in [0.3, 0.4) is 0 Å². The van der Waals surface area contributed by atoms with Gasteiger partial charge in [0.1, 0.15) is 0 Å². The maximum atomic E-state index is 5.40. The lowest BCUT2D eigenvalue weighted by atomic mass is 10.1. The normalized spacial score (nSPS) is 10.2. The van der Waals surface area contributed by atoms with Crippen LogP contribution in [-0.4, -0.2) is 0 Å². The average Bonchev–Trinajstić information content (AvgIpc) is 2.15. The summed E-state index contributed by atoms with van der Waals surface area (Å²) in [7, 11) is 0. The van der Waals surface area contributed by atoms with E-state index in [4.69, 9.17) is 5.73 Å². The molecule has 0 aliphatic heterocycles. The third-order valence-corrected chi connectivity index (χ3v) is 1.64. The van der Waals surface area contributed by atoms with E-state index in [0.717, 1.165) is 11.1 Å². The summed E-state index contributed by atoms with van der Waals surface area (Å²) in [5.74, 6) is 0. The molecule has 0 bridgehead atoms. The van der Waals surface area contributed by atoms with Gasteiger partial charge in [0, 0.05) is 5.70 Å². The topological polar surface area (TPSA) is 26.0 Å². The number of allylic oxidation sites excluding steroid dienone is 3. The second-order valence-electron chi connectivity index (χ2n) is 2.80. The maximum Gasteiger partial charge on any atom is 0.0241 e. The van der Waals surface area contributed by atoms with E-state index in [1.54, 1.807) is 6.08 Å². The molecule has 0 aliphatic rings. The molecule has 2 N–H and O–H groups in total. The second-order valence-corrected chi connectivity index (χ2v) is 2.80. The van der Waals surface area contributed by atoms with E-state index in [9.17, 15) is 0 Å². The van der Waals surface area contributed by atoms with Crippen molar-refractivity contribution in [2.45, 2.75) is 0 Å². The van der Waals surface area contributed by atoms with Gasteiger partial charge in [-0.15, -0.1) is 0 Å². The van der Waals surface area contributed by atoms with Crippen molar-refractivity contribution in [1.29, 1.82) is 0 Å². The number of rotatable bonds is 3. The first-order valence-corrected chi connectivity index (χ1v) is 4.07. The number of hydrogen-bond acceptors (Lipinski definition) is 1. The molecule has 1 aromatic carbocycles. The van der Waals surface area contributed by atoms with E-state index >= 15 is 0 Å². The van der Waals surface area contributed by atoms with Gasteiger partial charge in [-0.05, 0) is 17.2 Å². The molecule has 13 heavy (non-hydrogen) atoms. The van der Waals surface area contributed by atoms with Gasteiger partial charge >= 0.3 is 0 Å². The highest BCUT2D eigenvalue weighted by molar-refractivity contribution is 5.72. The lowest BCUT2D eigenvalue weighted by molar-refractivity contribution is 1.45. The van der Waals surface area contributed by atoms with Crippen LogP contribution in [0.5, 0.6) is 0 Å². The van der Waals surface area contributed by atoms with Gasteiger partial charge in [-0.2, -0.15) is 0 Å². The molecule has 0 radical (unpaired) electrons. The number of hydrogen-bond donors (Lipinski definition) is 1. The molecule has 1 heteroatoms. The summed E-state index contributed by atoms with van der Waals surface area (Å²) >= 11 is 0. The van der Waals surface area contributed by atoms with Crippen LogP contribution in [0, 0.1) is 0 Å². The Labute approximate surface area is 78.9 Å². The Hall–Kier alpha value is -1.76. The maximum absolute atomic E-state index is 5.40. The molecule has 0 saturated carbocycles. The molecule has 0 saturated heterocycles. The largest absolute Gasteiger partial charge is 0.399 e. The lowest BCUT2D eigenvalue weighted by Gasteiger charge is -1.98. The van der Waals surface area contributed by atoms with Crippen LogP contribution in [0.4, 0.5) is 0 Å². The van der Waals surface area contributed by atoms with E-state index < -0.39 is 0 Å². The van der Waals surface area contributed by atoms with Gasteiger partial charge in [-0.3, -0.25) is 0 Å². The van der Waals surface area contributed by atoms with Crippen LogP contribution in [-0.2, 0) is 0 Å². The Bertz CT molecular complexity index is 333. The van der Waals surface area contributed by atoms with Gasteiger partial charge in [0.15, 0.2) is 0 Å². The molecule has 0 amide bonds. The third kappa shape index (κ3) is 2.99. The highest BCUT2D eigenvalue weighted by atomic mass is 14.5. The average molecular weight is 171 g/mol. The molecule has 0 unspecified atom stereocenters. The van der Waals surface area contributed by atoms with Crippen LogP contribution in [0.2, 0.25) is 0 Å². The SMILES string of the molecule is C=C(N)/C=C\C(=C)c1ccccc1. The van der Waals surface area contributed by atoms with Crippen LogP contribution in [0.25, 0.3) is 5.57 Å². The van der Waals surface area contributed by atoms with E-state index in [1.807, 2.05) is 36.4 Å². The van der Waals surface area contributed by atoms with E-state index in [2.05, 4.69) is 13.2 Å². The summed E-state index contributed by atoms with van der Waals surface area (Å²) in [5.41, 5.74) is 7.97. The number of benzene rings is 1. The van der Waals surface area contributed by atoms with Crippen molar-refractivity contribution in [3.63, 3.8) is 0 Å². The fourth-order valence-electron chi connectivity index (χ4n) is 0.956. The predicted octanol–water partition coefficient (Wildman–Crippen LogP) is 2.73. The smallest absolute Gasteiger partial charge is 0.0241 e. The molecular weight excluding hydrogens is 158 g/mol. The summed E-state index contributed by atoms with van der Waals surface area (Å²) < 4.78 is 0. The van der Waals surface area contributed by atoms with Gasteiger partial charge in [0.05, 0.1) is 0 Å². The second kappa shape index (κ2) is 4.31. The van der Waals surface area contributed by atoms with E-state index in [0.29, 0.717) is 5.70 Å². The molecule has 0 aromatic heterocycles. The van der Waals surface area contributed by atoms with Crippen molar-refractivity contribution in [3.05, 3.63) is 66.9 Å². The zero-order valence-electron chi connectivity index (χ0n) is 7.53.